The number of hydrogen-bond donors (Lipinski definition) is 2. The molecule has 1 saturated heterocycles. The number of aromatic nitrogens is 4. The van der Waals surface area contributed by atoms with Crippen LogP contribution in [0.15, 0.2) is 42.6 Å². The van der Waals surface area contributed by atoms with Gasteiger partial charge in [0, 0.05) is 32.2 Å². The lowest BCUT2D eigenvalue weighted by molar-refractivity contribution is 0.0954. The molecule has 1 amide bonds. The molecule has 8 nitrogen and oxygen atoms in total. The normalized spacial score (nSPS) is 13.8. The van der Waals surface area contributed by atoms with Crippen molar-refractivity contribution in [2.45, 2.75) is 33.1 Å². The molecule has 3 heterocycles. The van der Waals surface area contributed by atoms with E-state index in [1.807, 2.05) is 50.2 Å². The number of aryl methyl sites for hydroxylation is 1. The van der Waals surface area contributed by atoms with Gasteiger partial charge in [0.05, 0.1) is 23.1 Å². The van der Waals surface area contributed by atoms with E-state index < -0.39 is 0 Å². The van der Waals surface area contributed by atoms with Gasteiger partial charge in [-0.05, 0) is 45.2 Å². The lowest BCUT2D eigenvalue weighted by atomic mass is 10.1. The van der Waals surface area contributed by atoms with Crippen molar-refractivity contribution in [2.24, 2.45) is 0 Å². The highest BCUT2D eigenvalue weighted by Gasteiger charge is 2.15. The zero-order valence-electron chi connectivity index (χ0n) is 18.1. The molecule has 0 spiro atoms. The molecule has 0 bridgehead atoms. The van der Waals surface area contributed by atoms with Crippen molar-refractivity contribution in [3.05, 3.63) is 59.7 Å². The molecule has 31 heavy (non-hydrogen) atoms. The first-order valence-electron chi connectivity index (χ1n) is 10.8. The smallest absolute Gasteiger partial charge is 0.254 e. The molecule has 1 fully saturated rings. The Labute approximate surface area is 182 Å². The zero-order chi connectivity index (χ0) is 21.6. The highest BCUT2D eigenvalue weighted by molar-refractivity contribution is 5.95. The Balaban J connectivity index is 1.32. The number of nitrogens with one attached hydrogen (secondary N) is 2. The first kappa shape index (κ1) is 20.8. The van der Waals surface area contributed by atoms with E-state index in [9.17, 15) is 4.79 Å². The number of anilines is 2. The molecule has 0 radical (unpaired) electrons. The Morgan fingerprint density at radius 3 is 2.58 bits per heavy atom. The Kier molecular flexibility index (Phi) is 6.45. The van der Waals surface area contributed by atoms with E-state index >= 15 is 0 Å². The van der Waals surface area contributed by atoms with Gasteiger partial charge < -0.3 is 15.5 Å². The Hall–Kier alpha value is -3.42. The molecule has 2 aromatic heterocycles. The van der Waals surface area contributed by atoms with Gasteiger partial charge >= 0.3 is 0 Å². The predicted octanol–water partition coefficient (Wildman–Crippen LogP) is 3.11. The van der Waals surface area contributed by atoms with E-state index in [0.717, 1.165) is 41.9 Å². The lowest BCUT2D eigenvalue weighted by Gasteiger charge is -2.28. The number of hydrogen-bond acceptors (Lipinski definition) is 6. The SMILES string of the molecule is Cc1nc(NCCNC(=O)c2cnn(-c3ccccc3)c2C)cc(N2CCCCC2)n1. The molecule has 1 aliphatic rings. The van der Waals surface area contributed by atoms with E-state index in [1.165, 1.54) is 19.3 Å². The van der Waals surface area contributed by atoms with Crippen LogP contribution < -0.4 is 15.5 Å². The quantitative estimate of drug-likeness (QED) is 0.572. The summed E-state index contributed by atoms with van der Waals surface area (Å²) < 4.78 is 1.78. The first-order valence-corrected chi connectivity index (χ1v) is 10.8. The minimum absolute atomic E-state index is 0.130. The first-order chi connectivity index (χ1) is 15.1. The van der Waals surface area contributed by atoms with Crippen molar-refractivity contribution < 1.29 is 4.79 Å². The molecule has 4 rings (SSSR count). The molecule has 3 aromatic rings. The maximum Gasteiger partial charge on any atom is 0.254 e. The Morgan fingerprint density at radius 2 is 1.81 bits per heavy atom. The van der Waals surface area contributed by atoms with Gasteiger partial charge in [0.2, 0.25) is 0 Å². The van der Waals surface area contributed by atoms with E-state index in [2.05, 4.69) is 30.6 Å². The van der Waals surface area contributed by atoms with Crippen LogP contribution in [0.5, 0.6) is 0 Å². The van der Waals surface area contributed by atoms with Crippen LogP contribution in [0.2, 0.25) is 0 Å². The minimum Gasteiger partial charge on any atom is -0.368 e. The lowest BCUT2D eigenvalue weighted by Crippen LogP contribution is -2.31. The van der Waals surface area contributed by atoms with Gasteiger partial charge in [-0.3, -0.25) is 4.79 Å². The van der Waals surface area contributed by atoms with Crippen LogP contribution in [-0.2, 0) is 0 Å². The minimum atomic E-state index is -0.130. The molecule has 0 aliphatic carbocycles. The predicted molar refractivity (Wildman–Crippen MR) is 122 cm³/mol. The fraction of sp³-hybridized carbons (Fsp3) is 0.391. The van der Waals surface area contributed by atoms with Crippen LogP contribution in [0.25, 0.3) is 5.69 Å². The maximum atomic E-state index is 12.6. The summed E-state index contributed by atoms with van der Waals surface area (Å²) in [6.45, 7) is 6.96. The molecule has 2 N–H and O–H groups in total. The van der Waals surface area contributed by atoms with Crippen molar-refractivity contribution in [3.8, 4) is 5.69 Å². The molecule has 0 atom stereocenters. The van der Waals surface area contributed by atoms with Gasteiger partial charge in [0.25, 0.3) is 5.91 Å². The molecule has 1 aliphatic heterocycles. The Bertz CT molecular complexity index is 1030. The van der Waals surface area contributed by atoms with E-state index in [0.29, 0.717) is 18.7 Å². The maximum absolute atomic E-state index is 12.6. The van der Waals surface area contributed by atoms with Gasteiger partial charge in [0.1, 0.15) is 17.5 Å². The third kappa shape index (κ3) is 5.02. The summed E-state index contributed by atoms with van der Waals surface area (Å²) in [5.74, 6) is 2.38. The second-order valence-corrected chi connectivity index (χ2v) is 7.78. The molecule has 1 aromatic carbocycles. The van der Waals surface area contributed by atoms with Crippen LogP contribution in [0.4, 0.5) is 11.6 Å². The number of nitrogens with zero attached hydrogens (tertiary/aromatic N) is 5. The molecule has 162 valence electrons. The summed E-state index contributed by atoms with van der Waals surface area (Å²) >= 11 is 0. The van der Waals surface area contributed by atoms with Crippen LogP contribution in [0.3, 0.4) is 0 Å². The standard InChI is InChI=1S/C23H29N7O/c1-17-20(16-26-30(17)19-9-5-3-6-10-19)23(31)25-12-11-24-21-15-22(28-18(2)27-21)29-13-7-4-8-14-29/h3,5-6,9-10,15-16H,4,7-8,11-14H2,1-2H3,(H,25,31)(H,24,27,28). The summed E-state index contributed by atoms with van der Waals surface area (Å²) in [4.78, 5) is 24.0. The third-order valence-corrected chi connectivity index (χ3v) is 5.48. The highest BCUT2D eigenvalue weighted by Crippen LogP contribution is 2.20. The van der Waals surface area contributed by atoms with Gasteiger partial charge in [-0.1, -0.05) is 18.2 Å². The van der Waals surface area contributed by atoms with E-state index in [4.69, 9.17) is 0 Å². The summed E-state index contributed by atoms with van der Waals surface area (Å²) in [6, 6.07) is 11.8. The summed E-state index contributed by atoms with van der Waals surface area (Å²) in [6.07, 6.45) is 5.31. The number of benzene rings is 1. The Morgan fingerprint density at radius 1 is 1.03 bits per heavy atom. The third-order valence-electron chi connectivity index (χ3n) is 5.48. The highest BCUT2D eigenvalue weighted by atomic mass is 16.1. The van der Waals surface area contributed by atoms with Crippen molar-refractivity contribution in [2.75, 3.05) is 36.4 Å². The molecular weight excluding hydrogens is 390 g/mol. The van der Waals surface area contributed by atoms with Crippen LogP contribution >= 0.6 is 0 Å². The monoisotopic (exact) mass is 419 g/mol. The fourth-order valence-electron chi connectivity index (χ4n) is 3.85. The number of piperidine rings is 1. The van der Waals surface area contributed by atoms with Crippen molar-refractivity contribution in [1.82, 2.24) is 25.1 Å². The average Bonchev–Trinajstić information content (AvgIpc) is 3.19. The summed E-state index contributed by atoms with van der Waals surface area (Å²) in [5.41, 5.74) is 2.33. The molecular formula is C23H29N7O. The van der Waals surface area contributed by atoms with Crippen LogP contribution in [0, 0.1) is 13.8 Å². The number of para-hydroxylation sites is 1. The second-order valence-electron chi connectivity index (χ2n) is 7.78. The van der Waals surface area contributed by atoms with E-state index in [1.54, 1.807) is 10.9 Å². The number of carbonyl (C=O) groups excluding carboxylic acids is 1. The van der Waals surface area contributed by atoms with Crippen molar-refractivity contribution in [1.29, 1.82) is 0 Å². The number of amides is 1. The van der Waals surface area contributed by atoms with Crippen molar-refractivity contribution in [3.63, 3.8) is 0 Å². The second kappa shape index (κ2) is 9.59. The van der Waals surface area contributed by atoms with Crippen LogP contribution in [0.1, 0.15) is 41.1 Å². The number of rotatable bonds is 7. The van der Waals surface area contributed by atoms with Crippen LogP contribution in [-0.4, -0.2) is 51.8 Å². The van der Waals surface area contributed by atoms with Gasteiger partial charge in [-0.2, -0.15) is 5.10 Å². The average molecular weight is 420 g/mol. The van der Waals surface area contributed by atoms with Crippen molar-refractivity contribution >= 4 is 17.5 Å². The topological polar surface area (TPSA) is 88.0 Å². The number of carbonyl (C=O) groups is 1. The van der Waals surface area contributed by atoms with Gasteiger partial charge in [-0.15, -0.1) is 0 Å². The zero-order valence-corrected chi connectivity index (χ0v) is 18.1. The summed E-state index contributed by atoms with van der Waals surface area (Å²) in [5, 5.41) is 10.6. The van der Waals surface area contributed by atoms with Gasteiger partial charge in [-0.25, -0.2) is 14.6 Å². The van der Waals surface area contributed by atoms with Gasteiger partial charge in [0.15, 0.2) is 0 Å². The van der Waals surface area contributed by atoms with E-state index in [-0.39, 0.29) is 5.91 Å². The molecule has 0 unspecified atom stereocenters. The fourth-order valence-corrected chi connectivity index (χ4v) is 3.85. The molecule has 8 heteroatoms. The summed E-state index contributed by atoms with van der Waals surface area (Å²) in [7, 11) is 0. The molecule has 0 saturated carbocycles. The largest absolute Gasteiger partial charge is 0.368 e.